The first kappa shape index (κ1) is 16.7. The fourth-order valence-electron chi connectivity index (χ4n) is 2.20. The summed E-state index contributed by atoms with van der Waals surface area (Å²) in [6.45, 7) is 0. The molecule has 120 valence electrons. The summed E-state index contributed by atoms with van der Waals surface area (Å²) in [7, 11) is 0. The SMILES string of the molecule is O=C(Nc1cc(Br)ccc1Nc1ccccc1)c1ccc(Br)cc1. The molecule has 3 nitrogen and oxygen atoms in total. The Morgan fingerprint density at radius 1 is 0.750 bits per heavy atom. The first-order chi connectivity index (χ1) is 11.6. The smallest absolute Gasteiger partial charge is 0.255 e. The Hall–Kier alpha value is -2.11. The molecule has 0 aliphatic rings. The number of hydrogen-bond acceptors (Lipinski definition) is 2. The fraction of sp³-hybridized carbons (Fsp3) is 0. The van der Waals surface area contributed by atoms with Crippen LogP contribution in [0.3, 0.4) is 0 Å². The van der Waals surface area contributed by atoms with Gasteiger partial charge >= 0.3 is 0 Å². The summed E-state index contributed by atoms with van der Waals surface area (Å²) >= 11 is 6.82. The minimum Gasteiger partial charge on any atom is -0.354 e. The van der Waals surface area contributed by atoms with Crippen molar-refractivity contribution >= 4 is 54.8 Å². The quantitative estimate of drug-likeness (QED) is 0.501. The van der Waals surface area contributed by atoms with E-state index in [0.717, 1.165) is 20.3 Å². The zero-order valence-corrected chi connectivity index (χ0v) is 15.8. The molecule has 3 aromatic rings. The van der Waals surface area contributed by atoms with Crippen LogP contribution < -0.4 is 10.6 Å². The normalized spacial score (nSPS) is 10.2. The zero-order valence-electron chi connectivity index (χ0n) is 12.6. The Kier molecular flexibility index (Phi) is 5.33. The van der Waals surface area contributed by atoms with Crippen LogP contribution in [0.4, 0.5) is 17.1 Å². The number of carbonyl (C=O) groups is 1. The van der Waals surface area contributed by atoms with Gasteiger partial charge in [-0.1, -0.05) is 50.1 Å². The molecule has 0 saturated heterocycles. The lowest BCUT2D eigenvalue weighted by molar-refractivity contribution is 0.102. The molecule has 0 bridgehead atoms. The summed E-state index contributed by atoms with van der Waals surface area (Å²) in [6.07, 6.45) is 0. The van der Waals surface area contributed by atoms with Gasteiger partial charge in [0.1, 0.15) is 0 Å². The van der Waals surface area contributed by atoms with Crippen LogP contribution in [-0.2, 0) is 0 Å². The molecule has 0 unspecified atom stereocenters. The fourth-order valence-corrected chi connectivity index (χ4v) is 2.83. The lowest BCUT2D eigenvalue weighted by atomic mass is 10.2. The number of halogens is 2. The van der Waals surface area contributed by atoms with Gasteiger partial charge in [0.25, 0.3) is 5.91 Å². The molecule has 1 amide bonds. The molecular formula is C19H14Br2N2O. The van der Waals surface area contributed by atoms with Crippen LogP contribution in [0.1, 0.15) is 10.4 Å². The van der Waals surface area contributed by atoms with E-state index in [-0.39, 0.29) is 5.91 Å². The maximum Gasteiger partial charge on any atom is 0.255 e. The number of rotatable bonds is 4. The number of anilines is 3. The van der Waals surface area contributed by atoms with Crippen LogP contribution in [0.25, 0.3) is 0 Å². The van der Waals surface area contributed by atoms with E-state index in [2.05, 4.69) is 42.5 Å². The lowest BCUT2D eigenvalue weighted by Gasteiger charge is -2.14. The van der Waals surface area contributed by atoms with Gasteiger partial charge < -0.3 is 10.6 Å². The number of amides is 1. The van der Waals surface area contributed by atoms with Crippen LogP contribution in [-0.4, -0.2) is 5.91 Å². The van der Waals surface area contributed by atoms with Crippen molar-refractivity contribution in [2.24, 2.45) is 0 Å². The molecule has 0 aliphatic carbocycles. The van der Waals surface area contributed by atoms with Crippen molar-refractivity contribution in [3.05, 3.63) is 87.3 Å². The van der Waals surface area contributed by atoms with Crippen molar-refractivity contribution in [2.45, 2.75) is 0 Å². The van der Waals surface area contributed by atoms with Gasteiger partial charge in [0, 0.05) is 20.2 Å². The minimum absolute atomic E-state index is 0.156. The van der Waals surface area contributed by atoms with E-state index in [4.69, 9.17) is 0 Å². The minimum atomic E-state index is -0.156. The van der Waals surface area contributed by atoms with Crippen molar-refractivity contribution in [2.75, 3.05) is 10.6 Å². The second-order valence-electron chi connectivity index (χ2n) is 5.14. The number of carbonyl (C=O) groups excluding carboxylic acids is 1. The largest absolute Gasteiger partial charge is 0.354 e. The van der Waals surface area contributed by atoms with Crippen LogP contribution >= 0.6 is 31.9 Å². The van der Waals surface area contributed by atoms with Gasteiger partial charge in [0.2, 0.25) is 0 Å². The zero-order chi connectivity index (χ0) is 16.9. The van der Waals surface area contributed by atoms with E-state index in [1.165, 1.54) is 0 Å². The van der Waals surface area contributed by atoms with Crippen molar-refractivity contribution in [1.82, 2.24) is 0 Å². The molecule has 0 saturated carbocycles. The van der Waals surface area contributed by atoms with Gasteiger partial charge in [-0.15, -0.1) is 0 Å². The Balaban J connectivity index is 1.85. The third-order valence-electron chi connectivity index (χ3n) is 3.39. The van der Waals surface area contributed by atoms with Crippen molar-refractivity contribution in [3.63, 3.8) is 0 Å². The monoisotopic (exact) mass is 444 g/mol. The van der Waals surface area contributed by atoms with Crippen molar-refractivity contribution in [3.8, 4) is 0 Å². The molecule has 0 atom stereocenters. The van der Waals surface area contributed by atoms with Gasteiger partial charge in [0.15, 0.2) is 0 Å². The molecule has 24 heavy (non-hydrogen) atoms. The van der Waals surface area contributed by atoms with Gasteiger partial charge in [-0.05, 0) is 54.6 Å². The standard InChI is InChI=1S/C19H14Br2N2O/c20-14-8-6-13(7-9-14)19(24)23-18-12-15(21)10-11-17(18)22-16-4-2-1-3-5-16/h1-12,22H,(H,23,24). The first-order valence-electron chi connectivity index (χ1n) is 7.30. The summed E-state index contributed by atoms with van der Waals surface area (Å²) in [5.74, 6) is -0.156. The molecule has 0 aromatic heterocycles. The molecule has 0 radical (unpaired) electrons. The molecule has 2 N–H and O–H groups in total. The van der Waals surface area contributed by atoms with E-state index < -0.39 is 0 Å². The highest BCUT2D eigenvalue weighted by molar-refractivity contribution is 9.10. The highest BCUT2D eigenvalue weighted by Gasteiger charge is 2.10. The first-order valence-corrected chi connectivity index (χ1v) is 8.89. The highest BCUT2D eigenvalue weighted by atomic mass is 79.9. The van der Waals surface area contributed by atoms with Gasteiger partial charge in [-0.25, -0.2) is 0 Å². The van der Waals surface area contributed by atoms with Crippen LogP contribution in [0.15, 0.2) is 81.7 Å². The summed E-state index contributed by atoms with van der Waals surface area (Å²) < 4.78 is 1.83. The average molecular weight is 446 g/mol. The molecule has 5 heteroatoms. The molecule has 0 fully saturated rings. The maximum atomic E-state index is 12.5. The molecule has 0 spiro atoms. The third kappa shape index (κ3) is 4.24. The Morgan fingerprint density at radius 3 is 2.12 bits per heavy atom. The van der Waals surface area contributed by atoms with E-state index in [9.17, 15) is 4.79 Å². The highest BCUT2D eigenvalue weighted by Crippen LogP contribution is 2.29. The predicted octanol–water partition coefficient (Wildman–Crippen LogP) is 6.21. The van der Waals surface area contributed by atoms with Gasteiger partial charge in [-0.3, -0.25) is 4.79 Å². The number of benzene rings is 3. The van der Waals surface area contributed by atoms with Crippen molar-refractivity contribution in [1.29, 1.82) is 0 Å². The van der Waals surface area contributed by atoms with E-state index in [1.807, 2.05) is 60.7 Å². The molecular weight excluding hydrogens is 432 g/mol. The van der Waals surface area contributed by atoms with E-state index >= 15 is 0 Å². The summed E-state index contributed by atoms with van der Waals surface area (Å²) in [5, 5.41) is 6.28. The number of nitrogens with one attached hydrogen (secondary N) is 2. The van der Waals surface area contributed by atoms with Gasteiger partial charge in [0.05, 0.1) is 11.4 Å². The molecule has 3 rings (SSSR count). The third-order valence-corrected chi connectivity index (χ3v) is 4.41. The van der Waals surface area contributed by atoms with Crippen LogP contribution in [0.2, 0.25) is 0 Å². The van der Waals surface area contributed by atoms with Gasteiger partial charge in [-0.2, -0.15) is 0 Å². The number of hydrogen-bond donors (Lipinski definition) is 2. The Labute approximate surface area is 157 Å². The second kappa shape index (κ2) is 7.64. The Morgan fingerprint density at radius 2 is 1.42 bits per heavy atom. The van der Waals surface area contributed by atoms with E-state index in [1.54, 1.807) is 12.1 Å². The average Bonchev–Trinajstić information content (AvgIpc) is 2.59. The van der Waals surface area contributed by atoms with Crippen molar-refractivity contribution < 1.29 is 4.79 Å². The molecule has 0 heterocycles. The topological polar surface area (TPSA) is 41.1 Å². The van der Waals surface area contributed by atoms with Crippen LogP contribution in [0, 0.1) is 0 Å². The lowest BCUT2D eigenvalue weighted by Crippen LogP contribution is -2.13. The van der Waals surface area contributed by atoms with Crippen LogP contribution in [0.5, 0.6) is 0 Å². The summed E-state index contributed by atoms with van der Waals surface area (Å²) in [4.78, 5) is 12.5. The molecule has 0 aliphatic heterocycles. The Bertz CT molecular complexity index is 849. The molecule has 3 aromatic carbocycles. The predicted molar refractivity (Wildman–Crippen MR) is 106 cm³/mol. The summed E-state index contributed by atoms with van der Waals surface area (Å²) in [6, 6.07) is 22.8. The summed E-state index contributed by atoms with van der Waals surface area (Å²) in [5.41, 5.74) is 3.10. The second-order valence-corrected chi connectivity index (χ2v) is 6.97. The number of para-hydroxylation sites is 1. The van der Waals surface area contributed by atoms with E-state index in [0.29, 0.717) is 11.3 Å². The maximum absolute atomic E-state index is 12.5.